The van der Waals surface area contributed by atoms with E-state index in [1.54, 1.807) is 26.0 Å². The summed E-state index contributed by atoms with van der Waals surface area (Å²) in [4.78, 5) is 1.16. The van der Waals surface area contributed by atoms with E-state index in [4.69, 9.17) is 9.47 Å². The fourth-order valence-electron chi connectivity index (χ4n) is 3.93. The Labute approximate surface area is 172 Å². The second kappa shape index (κ2) is 9.21. The van der Waals surface area contributed by atoms with Gasteiger partial charge in [-0.15, -0.1) is 11.8 Å². The third kappa shape index (κ3) is 4.02. The fourth-order valence-corrected chi connectivity index (χ4v) is 5.36. The molecule has 0 aliphatic carbocycles. The molecule has 4 nitrogen and oxygen atoms in total. The summed E-state index contributed by atoms with van der Waals surface area (Å²) < 4.78 is 11.1. The second-order valence-corrected chi connectivity index (χ2v) is 8.35. The third-order valence-electron chi connectivity index (χ3n) is 5.71. The van der Waals surface area contributed by atoms with E-state index in [-0.39, 0.29) is 11.6 Å². The topological polar surface area (TPSA) is 50.7 Å². The SMILES string of the molecule is CCC[C@@H](O)[C@@]1(CC)CSc2cc(OC)c(OC)cc2[C@H](c2ccccc2)N1. The van der Waals surface area contributed by atoms with Crippen LogP contribution in [0.5, 0.6) is 11.5 Å². The summed E-state index contributed by atoms with van der Waals surface area (Å²) in [5.74, 6) is 2.26. The lowest BCUT2D eigenvalue weighted by atomic mass is 9.85. The molecule has 0 saturated carbocycles. The minimum absolute atomic E-state index is 0.0301. The zero-order valence-electron chi connectivity index (χ0n) is 17.2. The number of fused-ring (bicyclic) bond motifs is 1. The summed E-state index contributed by atoms with van der Waals surface area (Å²) in [7, 11) is 3.33. The van der Waals surface area contributed by atoms with Gasteiger partial charge in [-0.25, -0.2) is 0 Å². The highest BCUT2D eigenvalue weighted by Crippen LogP contribution is 2.45. The van der Waals surface area contributed by atoms with Crippen LogP contribution in [-0.4, -0.2) is 36.7 Å². The molecular formula is C23H31NO3S. The quantitative estimate of drug-likeness (QED) is 0.698. The summed E-state index contributed by atoms with van der Waals surface area (Å²) in [5.41, 5.74) is 1.98. The first-order valence-corrected chi connectivity index (χ1v) is 11.0. The fraction of sp³-hybridized carbons (Fsp3) is 0.478. The van der Waals surface area contributed by atoms with E-state index >= 15 is 0 Å². The van der Waals surface area contributed by atoms with Crippen molar-refractivity contribution in [1.29, 1.82) is 0 Å². The van der Waals surface area contributed by atoms with Crippen molar-refractivity contribution in [3.63, 3.8) is 0 Å². The lowest BCUT2D eigenvalue weighted by Crippen LogP contribution is -2.56. The minimum atomic E-state index is -0.403. The number of aliphatic hydroxyl groups excluding tert-OH is 1. The highest BCUT2D eigenvalue weighted by molar-refractivity contribution is 7.99. The molecule has 3 rings (SSSR count). The molecule has 2 aromatic carbocycles. The lowest BCUT2D eigenvalue weighted by Gasteiger charge is -2.40. The maximum absolute atomic E-state index is 11.1. The number of hydrogen-bond acceptors (Lipinski definition) is 5. The number of nitrogens with one attached hydrogen (secondary N) is 1. The summed E-state index contributed by atoms with van der Waals surface area (Å²) >= 11 is 1.78. The van der Waals surface area contributed by atoms with E-state index in [9.17, 15) is 5.11 Å². The number of benzene rings is 2. The maximum Gasteiger partial charge on any atom is 0.161 e. The van der Waals surface area contributed by atoms with Crippen LogP contribution in [0.2, 0.25) is 0 Å². The Kier molecular flexibility index (Phi) is 6.91. The van der Waals surface area contributed by atoms with E-state index in [0.717, 1.165) is 47.0 Å². The van der Waals surface area contributed by atoms with Gasteiger partial charge in [0.15, 0.2) is 11.5 Å². The molecule has 5 heteroatoms. The summed E-state index contributed by atoms with van der Waals surface area (Å²) in [6.07, 6.45) is 2.19. The van der Waals surface area contributed by atoms with Gasteiger partial charge in [0, 0.05) is 10.6 Å². The van der Waals surface area contributed by atoms with Crippen LogP contribution in [0, 0.1) is 0 Å². The molecule has 3 atom stereocenters. The Morgan fingerprint density at radius 1 is 1.14 bits per heavy atom. The van der Waals surface area contributed by atoms with Crippen LogP contribution < -0.4 is 14.8 Å². The Morgan fingerprint density at radius 3 is 2.43 bits per heavy atom. The molecule has 28 heavy (non-hydrogen) atoms. The molecular weight excluding hydrogens is 370 g/mol. The molecule has 0 saturated heterocycles. The standard InChI is InChI=1S/C23H31NO3S/c1-5-10-21(25)23(6-2)15-28-20-14-19(27-4)18(26-3)13-17(20)22(24-23)16-11-8-7-9-12-16/h7-9,11-14,21-22,24-25H,5-6,10,15H2,1-4H3/t21-,22+,23-/m1/s1. The van der Waals surface area contributed by atoms with Gasteiger partial charge >= 0.3 is 0 Å². The Balaban J connectivity index is 2.14. The molecule has 1 heterocycles. The molecule has 0 fully saturated rings. The van der Waals surface area contributed by atoms with E-state index < -0.39 is 6.10 Å². The van der Waals surface area contributed by atoms with Gasteiger partial charge in [-0.2, -0.15) is 0 Å². The van der Waals surface area contributed by atoms with Crippen molar-refractivity contribution in [2.75, 3.05) is 20.0 Å². The van der Waals surface area contributed by atoms with Crippen LogP contribution in [0.15, 0.2) is 47.4 Å². The van der Waals surface area contributed by atoms with Crippen LogP contribution in [0.3, 0.4) is 0 Å². The van der Waals surface area contributed by atoms with Gasteiger partial charge in [0.2, 0.25) is 0 Å². The predicted molar refractivity (Wildman–Crippen MR) is 116 cm³/mol. The monoisotopic (exact) mass is 401 g/mol. The van der Waals surface area contributed by atoms with E-state index in [1.807, 2.05) is 6.07 Å². The molecule has 0 spiro atoms. The van der Waals surface area contributed by atoms with Crippen molar-refractivity contribution < 1.29 is 14.6 Å². The number of aliphatic hydroxyl groups is 1. The summed E-state index contributed by atoms with van der Waals surface area (Å²) in [6.45, 7) is 4.28. The second-order valence-electron chi connectivity index (χ2n) is 7.34. The van der Waals surface area contributed by atoms with Gasteiger partial charge in [0.05, 0.1) is 31.9 Å². The van der Waals surface area contributed by atoms with Crippen molar-refractivity contribution >= 4 is 11.8 Å². The first kappa shape index (κ1) is 21.0. The van der Waals surface area contributed by atoms with Crippen LogP contribution >= 0.6 is 11.8 Å². The van der Waals surface area contributed by atoms with Gasteiger partial charge in [-0.3, -0.25) is 5.32 Å². The van der Waals surface area contributed by atoms with E-state index in [1.165, 1.54) is 5.56 Å². The zero-order valence-corrected chi connectivity index (χ0v) is 18.0. The van der Waals surface area contributed by atoms with Crippen molar-refractivity contribution in [3.8, 4) is 11.5 Å². The predicted octanol–water partition coefficient (Wildman–Crippen LogP) is 4.80. The van der Waals surface area contributed by atoms with Crippen LogP contribution in [0.25, 0.3) is 0 Å². The zero-order chi connectivity index (χ0) is 20.1. The van der Waals surface area contributed by atoms with Crippen molar-refractivity contribution in [3.05, 3.63) is 53.6 Å². The highest BCUT2D eigenvalue weighted by atomic mass is 32.2. The third-order valence-corrected chi connectivity index (χ3v) is 7.03. The molecule has 2 N–H and O–H groups in total. The maximum atomic E-state index is 11.1. The Bertz CT molecular complexity index is 783. The average molecular weight is 402 g/mol. The Morgan fingerprint density at radius 2 is 1.82 bits per heavy atom. The normalized spacial score (nSPS) is 22.8. The van der Waals surface area contributed by atoms with Crippen LogP contribution in [0.4, 0.5) is 0 Å². The molecule has 1 aliphatic heterocycles. The number of methoxy groups -OCH3 is 2. The largest absolute Gasteiger partial charge is 0.493 e. The van der Waals surface area contributed by atoms with Crippen molar-refractivity contribution in [1.82, 2.24) is 5.32 Å². The number of hydrogen-bond donors (Lipinski definition) is 2. The molecule has 0 bridgehead atoms. The number of thioether (sulfide) groups is 1. The lowest BCUT2D eigenvalue weighted by molar-refractivity contribution is 0.0574. The van der Waals surface area contributed by atoms with E-state index in [0.29, 0.717) is 0 Å². The molecule has 2 aromatic rings. The Hall–Kier alpha value is -1.69. The first-order valence-electron chi connectivity index (χ1n) is 9.98. The van der Waals surface area contributed by atoms with Gasteiger partial charge in [-0.1, -0.05) is 50.6 Å². The van der Waals surface area contributed by atoms with Gasteiger partial charge in [0.1, 0.15) is 0 Å². The van der Waals surface area contributed by atoms with Crippen molar-refractivity contribution in [2.45, 2.75) is 55.7 Å². The molecule has 152 valence electrons. The van der Waals surface area contributed by atoms with Gasteiger partial charge < -0.3 is 14.6 Å². The molecule has 0 aromatic heterocycles. The first-order chi connectivity index (χ1) is 13.6. The number of rotatable bonds is 7. The van der Waals surface area contributed by atoms with Crippen LogP contribution in [0.1, 0.15) is 50.3 Å². The van der Waals surface area contributed by atoms with Crippen molar-refractivity contribution in [2.24, 2.45) is 0 Å². The van der Waals surface area contributed by atoms with Crippen LogP contribution in [-0.2, 0) is 0 Å². The smallest absolute Gasteiger partial charge is 0.161 e. The number of ether oxygens (including phenoxy) is 2. The average Bonchev–Trinajstić information content (AvgIpc) is 2.91. The summed E-state index contributed by atoms with van der Waals surface area (Å²) in [5, 5.41) is 14.9. The summed E-state index contributed by atoms with van der Waals surface area (Å²) in [6, 6.07) is 14.5. The molecule has 0 amide bonds. The molecule has 0 radical (unpaired) electrons. The molecule has 0 unspecified atom stereocenters. The van der Waals surface area contributed by atoms with Gasteiger partial charge in [-0.05, 0) is 36.1 Å². The molecule has 1 aliphatic rings. The van der Waals surface area contributed by atoms with E-state index in [2.05, 4.69) is 55.6 Å². The minimum Gasteiger partial charge on any atom is -0.493 e. The highest BCUT2D eigenvalue weighted by Gasteiger charge is 2.41. The van der Waals surface area contributed by atoms with Gasteiger partial charge in [0.25, 0.3) is 0 Å².